The number of fused-ring (bicyclic) bond motifs is 1. The minimum Gasteiger partial charge on any atom is -0.497 e. The Labute approximate surface area is 173 Å². The topological polar surface area (TPSA) is 102 Å². The smallest absolute Gasteiger partial charge is 0.326 e. The number of ketones is 1. The van der Waals surface area contributed by atoms with Crippen molar-refractivity contribution in [2.24, 2.45) is 0 Å². The van der Waals surface area contributed by atoms with E-state index in [9.17, 15) is 19.2 Å². The van der Waals surface area contributed by atoms with Crippen LogP contribution < -0.4 is 15.0 Å². The summed E-state index contributed by atoms with van der Waals surface area (Å²) in [6, 6.07) is 13.9. The van der Waals surface area contributed by atoms with Gasteiger partial charge in [-0.2, -0.15) is 0 Å². The van der Waals surface area contributed by atoms with E-state index >= 15 is 0 Å². The van der Waals surface area contributed by atoms with Gasteiger partial charge in [-0.05, 0) is 43.2 Å². The second-order valence-electron chi connectivity index (χ2n) is 6.76. The molecule has 0 saturated carbocycles. The van der Waals surface area contributed by atoms with E-state index in [1.54, 1.807) is 25.3 Å². The molecule has 2 aromatic rings. The molecule has 8 heteroatoms. The van der Waals surface area contributed by atoms with Crippen molar-refractivity contribution < 1.29 is 28.7 Å². The molecule has 30 heavy (non-hydrogen) atoms. The first-order valence-electron chi connectivity index (χ1n) is 9.46. The highest BCUT2D eigenvalue weighted by atomic mass is 16.5. The van der Waals surface area contributed by atoms with Crippen LogP contribution in [-0.2, 0) is 25.5 Å². The lowest BCUT2D eigenvalue weighted by molar-refractivity contribution is -0.153. The van der Waals surface area contributed by atoms with Crippen molar-refractivity contribution in [1.82, 2.24) is 5.32 Å². The van der Waals surface area contributed by atoms with Crippen LogP contribution in [-0.4, -0.2) is 49.9 Å². The fraction of sp³-hybridized carbons (Fsp3) is 0.273. The number of nitrogens with one attached hydrogen (secondary N) is 1. The Morgan fingerprint density at radius 2 is 1.77 bits per heavy atom. The number of ether oxygens (including phenoxy) is 2. The normalized spacial score (nSPS) is 13.6. The van der Waals surface area contributed by atoms with Gasteiger partial charge in [0.2, 0.25) is 0 Å². The Bertz CT molecular complexity index is 970. The molecule has 1 N–H and O–H groups in total. The summed E-state index contributed by atoms with van der Waals surface area (Å²) in [5, 5.41) is 2.71. The number of Topliss-reactive ketones (excluding diaryl/α,β-unsaturated/α-hetero) is 1. The fourth-order valence-electron chi connectivity index (χ4n) is 3.09. The Morgan fingerprint density at radius 3 is 2.47 bits per heavy atom. The molecular formula is C22H22N2O6. The first-order valence-corrected chi connectivity index (χ1v) is 9.46. The average Bonchev–Trinajstić information content (AvgIpc) is 2.99. The fourth-order valence-corrected chi connectivity index (χ4v) is 3.09. The largest absolute Gasteiger partial charge is 0.497 e. The number of hydrogen-bond acceptors (Lipinski definition) is 6. The number of methoxy groups -OCH3 is 1. The maximum atomic E-state index is 12.2. The first kappa shape index (κ1) is 21.0. The molecule has 0 bridgehead atoms. The van der Waals surface area contributed by atoms with E-state index in [0.29, 0.717) is 18.7 Å². The quantitative estimate of drug-likeness (QED) is 0.523. The molecule has 1 heterocycles. The monoisotopic (exact) mass is 410 g/mol. The lowest BCUT2D eigenvalue weighted by Crippen LogP contribution is -2.40. The average molecular weight is 410 g/mol. The minimum absolute atomic E-state index is 0.250. The third kappa shape index (κ3) is 4.65. The molecule has 1 aliphatic rings. The zero-order valence-corrected chi connectivity index (χ0v) is 16.7. The second kappa shape index (κ2) is 9.21. The molecule has 3 rings (SSSR count). The van der Waals surface area contributed by atoms with Crippen LogP contribution in [0, 0.1) is 0 Å². The highest BCUT2D eigenvalue weighted by Gasteiger charge is 2.37. The molecule has 2 aromatic carbocycles. The number of rotatable bonds is 8. The summed E-state index contributed by atoms with van der Waals surface area (Å²) in [6.45, 7) is 1.39. The van der Waals surface area contributed by atoms with Crippen LogP contribution in [0.1, 0.15) is 22.8 Å². The van der Waals surface area contributed by atoms with Gasteiger partial charge in [-0.15, -0.1) is 0 Å². The predicted octanol–water partition coefficient (Wildman–Crippen LogP) is 1.52. The highest BCUT2D eigenvalue weighted by Crippen LogP contribution is 2.28. The van der Waals surface area contributed by atoms with Gasteiger partial charge >= 0.3 is 5.97 Å². The molecule has 1 atom stereocenters. The number of benzene rings is 2. The number of amides is 2. The first-order chi connectivity index (χ1) is 14.4. The van der Waals surface area contributed by atoms with Crippen LogP contribution in [0.2, 0.25) is 0 Å². The van der Waals surface area contributed by atoms with E-state index in [0.717, 1.165) is 16.2 Å². The summed E-state index contributed by atoms with van der Waals surface area (Å²) in [4.78, 5) is 49.5. The molecule has 156 valence electrons. The van der Waals surface area contributed by atoms with Crippen molar-refractivity contribution in [3.8, 4) is 5.75 Å². The minimum atomic E-state index is -1.03. The van der Waals surface area contributed by atoms with Crippen molar-refractivity contribution in [2.75, 3.05) is 25.1 Å². The molecule has 0 saturated heterocycles. The SMILES string of the molecule is COc1ccc(CCNC(=O)[C@H](C)OC(=O)CN2C(=O)C(=O)c3ccccc32)cc1. The van der Waals surface area contributed by atoms with E-state index in [-0.39, 0.29) is 5.56 Å². The van der Waals surface area contributed by atoms with Crippen molar-refractivity contribution in [2.45, 2.75) is 19.4 Å². The summed E-state index contributed by atoms with van der Waals surface area (Å²) < 4.78 is 10.2. The van der Waals surface area contributed by atoms with Gasteiger partial charge in [0.15, 0.2) is 6.10 Å². The number of nitrogens with zero attached hydrogens (tertiary/aromatic N) is 1. The van der Waals surface area contributed by atoms with Crippen LogP contribution >= 0.6 is 0 Å². The zero-order chi connectivity index (χ0) is 21.7. The second-order valence-corrected chi connectivity index (χ2v) is 6.76. The molecule has 8 nitrogen and oxygen atoms in total. The van der Waals surface area contributed by atoms with Crippen molar-refractivity contribution >= 4 is 29.3 Å². The summed E-state index contributed by atoms with van der Waals surface area (Å²) >= 11 is 0. The van der Waals surface area contributed by atoms with Crippen molar-refractivity contribution in [3.05, 3.63) is 59.7 Å². The Kier molecular flexibility index (Phi) is 6.46. The maximum Gasteiger partial charge on any atom is 0.326 e. The van der Waals surface area contributed by atoms with Crippen LogP contribution in [0.5, 0.6) is 5.75 Å². The van der Waals surface area contributed by atoms with E-state index in [1.807, 2.05) is 24.3 Å². The van der Waals surface area contributed by atoms with Gasteiger partial charge in [-0.1, -0.05) is 24.3 Å². The van der Waals surface area contributed by atoms with Crippen molar-refractivity contribution in [1.29, 1.82) is 0 Å². The molecule has 0 aromatic heterocycles. The molecule has 0 aliphatic carbocycles. The molecule has 0 spiro atoms. The van der Waals surface area contributed by atoms with Crippen molar-refractivity contribution in [3.63, 3.8) is 0 Å². The van der Waals surface area contributed by atoms with Gasteiger partial charge in [0.1, 0.15) is 12.3 Å². The number of hydrogen-bond donors (Lipinski definition) is 1. The van der Waals surface area contributed by atoms with Crippen LogP contribution in [0.15, 0.2) is 48.5 Å². The summed E-state index contributed by atoms with van der Waals surface area (Å²) in [5.41, 5.74) is 1.64. The standard InChI is InChI=1S/C22H22N2O6/c1-14(21(27)23-12-11-15-7-9-16(29-2)10-8-15)30-19(25)13-24-18-6-4-3-5-17(18)20(26)22(24)28/h3-10,14H,11-13H2,1-2H3,(H,23,27)/t14-/m0/s1. The molecule has 1 aliphatic heterocycles. The zero-order valence-electron chi connectivity index (χ0n) is 16.7. The predicted molar refractivity (Wildman–Crippen MR) is 108 cm³/mol. The van der Waals surface area contributed by atoms with Gasteiger partial charge in [0.25, 0.3) is 17.6 Å². The number of carbonyl (C=O) groups is 4. The lowest BCUT2D eigenvalue weighted by Gasteiger charge is -2.18. The van der Waals surface area contributed by atoms with Crippen LogP contribution in [0.4, 0.5) is 5.69 Å². The van der Waals surface area contributed by atoms with Gasteiger partial charge < -0.3 is 14.8 Å². The Hall–Kier alpha value is -3.68. The molecule has 2 amide bonds. The molecule has 0 fully saturated rings. The highest BCUT2D eigenvalue weighted by molar-refractivity contribution is 6.52. The number of para-hydroxylation sites is 1. The maximum absolute atomic E-state index is 12.2. The number of anilines is 1. The van der Waals surface area contributed by atoms with Gasteiger partial charge in [-0.3, -0.25) is 24.1 Å². The molecule has 0 radical (unpaired) electrons. The molecular weight excluding hydrogens is 388 g/mol. The van der Waals surface area contributed by atoms with Gasteiger partial charge in [0, 0.05) is 6.54 Å². The van der Waals surface area contributed by atoms with Crippen LogP contribution in [0.3, 0.4) is 0 Å². The summed E-state index contributed by atoms with van der Waals surface area (Å²) in [7, 11) is 1.59. The summed E-state index contributed by atoms with van der Waals surface area (Å²) in [5.74, 6) is -1.91. The van der Waals surface area contributed by atoms with E-state index in [1.165, 1.54) is 13.0 Å². The van der Waals surface area contributed by atoms with E-state index < -0.39 is 36.2 Å². The summed E-state index contributed by atoms with van der Waals surface area (Å²) in [6.07, 6.45) is -0.422. The van der Waals surface area contributed by atoms with E-state index in [4.69, 9.17) is 9.47 Å². The lowest BCUT2D eigenvalue weighted by atomic mass is 10.1. The Balaban J connectivity index is 1.47. The third-order valence-electron chi connectivity index (χ3n) is 4.72. The molecule has 0 unspecified atom stereocenters. The van der Waals surface area contributed by atoms with Crippen LogP contribution in [0.25, 0.3) is 0 Å². The number of esters is 1. The van der Waals surface area contributed by atoms with E-state index in [2.05, 4.69) is 5.32 Å². The van der Waals surface area contributed by atoms with Gasteiger partial charge in [0.05, 0.1) is 18.4 Å². The Morgan fingerprint density at radius 1 is 1.07 bits per heavy atom. The number of carbonyl (C=O) groups excluding carboxylic acids is 4. The third-order valence-corrected chi connectivity index (χ3v) is 4.72. The van der Waals surface area contributed by atoms with Gasteiger partial charge in [-0.25, -0.2) is 0 Å².